The molecule has 1 aliphatic heterocycles. The number of alkyl carbamates (subject to hydrolysis) is 1. The summed E-state index contributed by atoms with van der Waals surface area (Å²) in [6, 6.07) is 12.9. The van der Waals surface area contributed by atoms with Crippen LogP contribution >= 0.6 is 11.3 Å². The Bertz CT molecular complexity index is 1710. The number of amides is 2. The fourth-order valence-corrected chi connectivity index (χ4v) is 6.37. The summed E-state index contributed by atoms with van der Waals surface area (Å²) < 4.78 is 32.1. The Labute approximate surface area is 264 Å². The van der Waals surface area contributed by atoms with E-state index in [9.17, 15) is 14.0 Å². The largest absolute Gasteiger partial charge is 0.490 e. The molecule has 3 N–H and O–H groups in total. The Morgan fingerprint density at radius 1 is 1.07 bits per heavy atom. The molecule has 0 bridgehead atoms. The van der Waals surface area contributed by atoms with Gasteiger partial charge in [-0.15, -0.1) is 21.5 Å². The molecule has 0 atom stereocenters. The van der Waals surface area contributed by atoms with Crippen molar-refractivity contribution in [3.8, 4) is 28.3 Å². The van der Waals surface area contributed by atoms with Crippen LogP contribution in [-0.2, 0) is 27.2 Å². The first-order valence-corrected chi connectivity index (χ1v) is 15.8. The third kappa shape index (κ3) is 7.30. The number of benzene rings is 2. The number of halogens is 1. The maximum absolute atomic E-state index is 14.3. The van der Waals surface area contributed by atoms with Crippen LogP contribution in [0, 0.1) is 5.82 Å². The molecular weight excluding hydrogens is 597 g/mol. The molecule has 1 fully saturated rings. The van der Waals surface area contributed by atoms with Crippen molar-refractivity contribution in [2.24, 2.45) is 0 Å². The highest BCUT2D eigenvalue weighted by atomic mass is 32.1. The first-order chi connectivity index (χ1) is 22.0. The Kier molecular flexibility index (Phi) is 9.63. The summed E-state index contributed by atoms with van der Waals surface area (Å²) in [6.45, 7) is 6.15. The molecule has 0 saturated heterocycles. The molecule has 1 aliphatic carbocycles. The van der Waals surface area contributed by atoms with Crippen molar-refractivity contribution in [3.63, 3.8) is 0 Å². The molecule has 0 radical (unpaired) electrons. The molecule has 2 amide bonds. The van der Waals surface area contributed by atoms with E-state index in [2.05, 4.69) is 50.9 Å². The standard InChI is InChI=1S/C33H34FN5O5S/c1-2-29(40)37-24-17-25(18-24)44-33(41)36-10-11-42-12-13-43-28-16-23(34)5-6-26(28)31-32-27(8-14-45-32)30(38-39-31)21-3-4-22-19-35-9-7-20(22)15-21/h2-6,8,14-16,24-25,35H,1,7,9-13,17-19H2,(H,36,41)(H,37,40). The van der Waals surface area contributed by atoms with Gasteiger partial charge in [-0.3, -0.25) is 4.79 Å². The lowest BCUT2D eigenvalue weighted by Crippen LogP contribution is -2.49. The summed E-state index contributed by atoms with van der Waals surface area (Å²) in [4.78, 5) is 23.3. The van der Waals surface area contributed by atoms with E-state index in [1.54, 1.807) is 17.4 Å². The number of thiophene rings is 1. The third-order valence-electron chi connectivity index (χ3n) is 7.85. The van der Waals surface area contributed by atoms with Gasteiger partial charge >= 0.3 is 6.09 Å². The maximum Gasteiger partial charge on any atom is 0.407 e. The van der Waals surface area contributed by atoms with Crippen molar-refractivity contribution in [1.82, 2.24) is 26.1 Å². The molecule has 2 aromatic carbocycles. The zero-order valence-electron chi connectivity index (χ0n) is 24.6. The van der Waals surface area contributed by atoms with Crippen LogP contribution in [0.4, 0.5) is 9.18 Å². The third-order valence-corrected chi connectivity index (χ3v) is 8.77. The molecule has 6 rings (SSSR count). The van der Waals surface area contributed by atoms with E-state index in [-0.39, 0.29) is 44.4 Å². The van der Waals surface area contributed by atoms with Crippen LogP contribution in [0.15, 0.2) is 60.5 Å². The van der Waals surface area contributed by atoms with Crippen LogP contribution in [0.1, 0.15) is 24.0 Å². The topological polar surface area (TPSA) is 124 Å². The number of nitrogens with zero attached hydrogens (tertiary/aromatic N) is 2. The summed E-state index contributed by atoms with van der Waals surface area (Å²) >= 11 is 1.56. The molecule has 1 saturated carbocycles. The van der Waals surface area contributed by atoms with Gasteiger partial charge in [0.1, 0.15) is 35.7 Å². The molecule has 2 aromatic heterocycles. The summed E-state index contributed by atoms with van der Waals surface area (Å²) in [5.41, 5.74) is 5.76. The molecule has 45 heavy (non-hydrogen) atoms. The number of carbonyl (C=O) groups is 2. The zero-order valence-corrected chi connectivity index (χ0v) is 25.5. The van der Waals surface area contributed by atoms with Crippen molar-refractivity contribution in [2.75, 3.05) is 32.9 Å². The monoisotopic (exact) mass is 631 g/mol. The fourth-order valence-electron chi connectivity index (χ4n) is 5.47. The SMILES string of the molecule is C=CC(=O)NC1CC(OC(=O)NCCOCCOc2cc(F)ccc2-c2nnc(-c3ccc4c(c3)CCNC4)c3ccsc23)C1. The van der Waals surface area contributed by atoms with Crippen molar-refractivity contribution < 1.29 is 28.2 Å². The first-order valence-electron chi connectivity index (χ1n) is 14.9. The molecule has 0 unspecified atom stereocenters. The zero-order chi connectivity index (χ0) is 31.2. The second-order valence-electron chi connectivity index (χ2n) is 10.9. The quantitative estimate of drug-likeness (QED) is 0.151. The van der Waals surface area contributed by atoms with E-state index in [0.717, 1.165) is 40.9 Å². The van der Waals surface area contributed by atoms with Gasteiger partial charge in [-0.05, 0) is 59.8 Å². The molecule has 3 heterocycles. The highest BCUT2D eigenvalue weighted by Crippen LogP contribution is 2.39. The molecule has 10 nitrogen and oxygen atoms in total. The average Bonchev–Trinajstić information content (AvgIpc) is 3.53. The minimum Gasteiger partial charge on any atom is -0.490 e. The van der Waals surface area contributed by atoms with E-state index >= 15 is 0 Å². The Hall–Kier alpha value is -4.39. The van der Waals surface area contributed by atoms with Gasteiger partial charge in [-0.1, -0.05) is 18.7 Å². The number of hydrogen-bond acceptors (Lipinski definition) is 9. The Morgan fingerprint density at radius 3 is 2.80 bits per heavy atom. The first kappa shape index (κ1) is 30.6. The van der Waals surface area contributed by atoms with Gasteiger partial charge in [-0.25, -0.2) is 9.18 Å². The van der Waals surface area contributed by atoms with Crippen LogP contribution < -0.4 is 20.7 Å². The lowest BCUT2D eigenvalue weighted by molar-refractivity contribution is -0.118. The lowest BCUT2D eigenvalue weighted by atomic mass is 9.89. The highest BCUT2D eigenvalue weighted by molar-refractivity contribution is 7.17. The van der Waals surface area contributed by atoms with Gasteiger partial charge in [0.25, 0.3) is 0 Å². The number of ether oxygens (including phenoxy) is 3. The van der Waals surface area contributed by atoms with Gasteiger partial charge in [0.2, 0.25) is 5.91 Å². The van der Waals surface area contributed by atoms with Crippen molar-refractivity contribution in [2.45, 2.75) is 38.0 Å². The Morgan fingerprint density at radius 2 is 1.93 bits per heavy atom. The number of hydrogen-bond donors (Lipinski definition) is 3. The molecule has 0 spiro atoms. The fraction of sp³-hybridized carbons (Fsp3) is 0.333. The molecule has 12 heteroatoms. The van der Waals surface area contributed by atoms with E-state index in [4.69, 9.17) is 14.2 Å². The van der Waals surface area contributed by atoms with E-state index < -0.39 is 11.9 Å². The molecule has 2 aliphatic rings. The molecule has 4 aromatic rings. The normalized spacial score (nSPS) is 17.2. The maximum atomic E-state index is 14.3. The van der Waals surface area contributed by atoms with Crippen molar-refractivity contribution in [3.05, 3.63) is 77.4 Å². The second-order valence-corrected chi connectivity index (χ2v) is 11.8. The number of carbonyl (C=O) groups excluding carboxylic acids is 2. The number of aromatic nitrogens is 2. The minimum atomic E-state index is -0.534. The summed E-state index contributed by atoms with van der Waals surface area (Å²) in [5.74, 6) is -0.310. The van der Waals surface area contributed by atoms with E-state index in [0.29, 0.717) is 29.8 Å². The predicted octanol–water partition coefficient (Wildman–Crippen LogP) is 4.76. The van der Waals surface area contributed by atoms with E-state index in [1.807, 2.05) is 11.4 Å². The average molecular weight is 632 g/mol. The summed E-state index contributed by atoms with van der Waals surface area (Å²) in [7, 11) is 0. The predicted molar refractivity (Wildman–Crippen MR) is 170 cm³/mol. The summed E-state index contributed by atoms with van der Waals surface area (Å²) in [5, 5.41) is 21.0. The minimum absolute atomic E-state index is 0.00408. The van der Waals surface area contributed by atoms with Crippen molar-refractivity contribution >= 4 is 33.4 Å². The van der Waals surface area contributed by atoms with E-state index in [1.165, 1.54) is 29.3 Å². The smallest absolute Gasteiger partial charge is 0.407 e. The van der Waals surface area contributed by atoms with Crippen LogP contribution in [0.25, 0.3) is 32.6 Å². The van der Waals surface area contributed by atoms with Crippen LogP contribution in [0.2, 0.25) is 0 Å². The second kappa shape index (κ2) is 14.1. The van der Waals surface area contributed by atoms with Gasteiger partial charge in [0, 0.05) is 54.6 Å². The van der Waals surface area contributed by atoms with Gasteiger partial charge < -0.3 is 30.2 Å². The van der Waals surface area contributed by atoms with Gasteiger partial charge in [-0.2, -0.15) is 0 Å². The van der Waals surface area contributed by atoms with Gasteiger partial charge in [0.15, 0.2) is 0 Å². The van der Waals surface area contributed by atoms with Crippen molar-refractivity contribution in [1.29, 1.82) is 0 Å². The van der Waals surface area contributed by atoms with Crippen LogP contribution in [0.3, 0.4) is 0 Å². The summed E-state index contributed by atoms with van der Waals surface area (Å²) in [6.07, 6.45) is 2.58. The molecule has 234 valence electrons. The number of fused-ring (bicyclic) bond motifs is 2. The number of nitrogens with one attached hydrogen (secondary N) is 3. The lowest BCUT2D eigenvalue weighted by Gasteiger charge is -2.34. The van der Waals surface area contributed by atoms with Gasteiger partial charge in [0.05, 0.1) is 17.9 Å². The number of rotatable bonds is 12. The Balaban J connectivity index is 1.01. The van der Waals surface area contributed by atoms with Crippen LogP contribution in [0.5, 0.6) is 5.75 Å². The molecular formula is C33H34FN5O5S. The van der Waals surface area contributed by atoms with Crippen LogP contribution in [-0.4, -0.2) is 67.3 Å². The highest BCUT2D eigenvalue weighted by Gasteiger charge is 2.32.